The average molecular weight is 560 g/mol. The number of carbonyl (C=O) groups is 6. The fraction of sp³-hybridized carbons (Fsp3) is 0.556. The first-order valence-corrected chi connectivity index (χ1v) is 14.1. The molecule has 2 N–H and O–H groups in total. The molecule has 2 aliphatic rings. The molecule has 1 unspecified atom stereocenters. The van der Waals surface area contributed by atoms with Gasteiger partial charge in [-0.1, -0.05) is 37.7 Å². The van der Waals surface area contributed by atoms with Gasteiger partial charge in [0.25, 0.3) is 17.7 Å². The van der Waals surface area contributed by atoms with Crippen LogP contribution in [-0.4, -0.2) is 93.5 Å². The van der Waals surface area contributed by atoms with Gasteiger partial charge in [0.05, 0.1) is 16.4 Å². The van der Waals surface area contributed by atoms with Gasteiger partial charge in [0.1, 0.15) is 6.04 Å². The summed E-state index contributed by atoms with van der Waals surface area (Å²) in [5, 5.41) is 3.53. The van der Waals surface area contributed by atoms with Crippen molar-refractivity contribution in [1.82, 2.24) is 25.6 Å². The molecule has 0 aliphatic carbocycles. The number of rotatable bonds is 11. The second-order valence-electron chi connectivity index (χ2n) is 10.2. The van der Waals surface area contributed by atoms with Crippen LogP contribution in [-0.2, 0) is 19.2 Å². The van der Waals surface area contributed by atoms with E-state index in [0.717, 1.165) is 11.8 Å². The van der Waals surface area contributed by atoms with Crippen LogP contribution in [0.1, 0.15) is 67.7 Å². The zero-order valence-corrected chi connectivity index (χ0v) is 23.7. The fourth-order valence-corrected chi connectivity index (χ4v) is 5.52. The van der Waals surface area contributed by atoms with Crippen molar-refractivity contribution in [3.8, 4) is 0 Å². The number of hydrazine groups is 1. The Balaban J connectivity index is 1.59. The molecule has 0 bridgehead atoms. The predicted octanol–water partition coefficient (Wildman–Crippen LogP) is 1.44. The van der Waals surface area contributed by atoms with Crippen LogP contribution in [0.25, 0.3) is 0 Å². The highest BCUT2D eigenvalue weighted by Gasteiger charge is 2.35. The summed E-state index contributed by atoms with van der Waals surface area (Å²) in [6, 6.07) is 5.82. The molecule has 0 spiro atoms. The number of imide groups is 1. The SMILES string of the molecule is CC(=O)SC(CCCN1C(=O)c2ccccc2C1=O)C(=O)N[C@@H](CC(C)C)C(=O)NN1CCN(C(C)=O)CC1. The number of amides is 5. The van der Waals surface area contributed by atoms with E-state index in [2.05, 4.69) is 10.7 Å². The zero-order valence-electron chi connectivity index (χ0n) is 22.9. The minimum atomic E-state index is -0.811. The van der Waals surface area contributed by atoms with Gasteiger partial charge in [0.2, 0.25) is 11.8 Å². The highest BCUT2D eigenvalue weighted by atomic mass is 32.2. The second-order valence-corrected chi connectivity index (χ2v) is 11.6. The molecule has 11 nitrogen and oxygen atoms in total. The molecule has 0 radical (unpaired) electrons. The van der Waals surface area contributed by atoms with E-state index in [4.69, 9.17) is 0 Å². The number of hydrogen-bond donors (Lipinski definition) is 2. The number of nitrogens with one attached hydrogen (secondary N) is 2. The number of carbonyl (C=O) groups excluding carboxylic acids is 6. The lowest BCUT2D eigenvalue weighted by Gasteiger charge is -2.35. The molecule has 12 heteroatoms. The molecule has 1 fully saturated rings. The molecule has 0 saturated carbocycles. The van der Waals surface area contributed by atoms with Crippen LogP contribution < -0.4 is 10.7 Å². The van der Waals surface area contributed by atoms with Crippen molar-refractivity contribution >= 4 is 46.4 Å². The number of nitrogens with zero attached hydrogens (tertiary/aromatic N) is 3. The van der Waals surface area contributed by atoms with E-state index in [0.29, 0.717) is 50.1 Å². The normalized spacial score (nSPS) is 17.2. The van der Waals surface area contributed by atoms with Crippen LogP contribution in [0.5, 0.6) is 0 Å². The van der Waals surface area contributed by atoms with Crippen molar-refractivity contribution in [3.63, 3.8) is 0 Å². The summed E-state index contributed by atoms with van der Waals surface area (Å²) in [5.41, 5.74) is 3.58. The van der Waals surface area contributed by atoms with Gasteiger partial charge in [-0.2, -0.15) is 0 Å². The molecule has 5 amide bonds. The Morgan fingerprint density at radius 2 is 1.51 bits per heavy atom. The highest BCUT2D eigenvalue weighted by Crippen LogP contribution is 2.24. The van der Waals surface area contributed by atoms with E-state index in [1.807, 2.05) is 13.8 Å². The quantitative estimate of drug-likeness (QED) is 0.389. The number of hydrogen-bond acceptors (Lipinski definition) is 8. The Labute approximate surface area is 233 Å². The fourth-order valence-electron chi connectivity index (χ4n) is 4.66. The van der Waals surface area contributed by atoms with E-state index in [1.54, 1.807) is 34.2 Å². The minimum absolute atomic E-state index is 0.0112. The van der Waals surface area contributed by atoms with Crippen molar-refractivity contribution in [1.29, 1.82) is 0 Å². The lowest BCUT2D eigenvalue weighted by molar-refractivity contribution is -0.135. The van der Waals surface area contributed by atoms with Gasteiger partial charge >= 0.3 is 0 Å². The maximum absolute atomic E-state index is 13.3. The Kier molecular flexibility index (Phi) is 10.6. The first-order chi connectivity index (χ1) is 18.5. The molecular formula is C27H37N5O6S. The molecule has 1 saturated heterocycles. The summed E-state index contributed by atoms with van der Waals surface area (Å²) in [6.45, 7) is 8.86. The van der Waals surface area contributed by atoms with E-state index in [-0.39, 0.29) is 47.6 Å². The summed E-state index contributed by atoms with van der Waals surface area (Å²) in [7, 11) is 0. The number of piperazine rings is 1. The third-order valence-corrected chi connectivity index (χ3v) is 7.73. The Morgan fingerprint density at radius 1 is 0.923 bits per heavy atom. The van der Waals surface area contributed by atoms with Gasteiger partial charge in [0.15, 0.2) is 5.12 Å². The lowest BCUT2D eigenvalue weighted by Crippen LogP contribution is -2.58. The Morgan fingerprint density at radius 3 is 2.03 bits per heavy atom. The monoisotopic (exact) mass is 559 g/mol. The topological polar surface area (TPSA) is 136 Å². The van der Waals surface area contributed by atoms with Gasteiger partial charge in [-0.05, 0) is 37.3 Å². The van der Waals surface area contributed by atoms with E-state index in [9.17, 15) is 28.8 Å². The van der Waals surface area contributed by atoms with Crippen molar-refractivity contribution in [2.75, 3.05) is 32.7 Å². The van der Waals surface area contributed by atoms with Crippen molar-refractivity contribution in [2.24, 2.45) is 5.92 Å². The Hall–Kier alpha value is -3.25. The first kappa shape index (κ1) is 30.3. The molecule has 3 rings (SSSR count). The van der Waals surface area contributed by atoms with E-state index >= 15 is 0 Å². The predicted molar refractivity (Wildman–Crippen MR) is 146 cm³/mol. The summed E-state index contributed by atoms with van der Waals surface area (Å²) in [6.07, 6.45) is 0.968. The van der Waals surface area contributed by atoms with Crippen LogP contribution in [0.2, 0.25) is 0 Å². The molecule has 2 aliphatic heterocycles. The molecule has 1 aromatic rings. The number of thioether (sulfide) groups is 1. The van der Waals surface area contributed by atoms with Crippen molar-refractivity contribution in [2.45, 2.75) is 58.2 Å². The van der Waals surface area contributed by atoms with Crippen LogP contribution in [0, 0.1) is 5.92 Å². The molecule has 212 valence electrons. The smallest absolute Gasteiger partial charge is 0.261 e. The van der Waals surface area contributed by atoms with Gasteiger partial charge in [-0.3, -0.25) is 39.1 Å². The Bertz CT molecular complexity index is 1080. The van der Waals surface area contributed by atoms with Crippen LogP contribution in [0.15, 0.2) is 24.3 Å². The molecule has 1 aromatic carbocycles. The number of fused-ring (bicyclic) bond motifs is 1. The molecule has 2 heterocycles. The van der Waals surface area contributed by atoms with Crippen molar-refractivity contribution in [3.05, 3.63) is 35.4 Å². The van der Waals surface area contributed by atoms with Gasteiger partial charge in [0, 0.05) is 46.6 Å². The number of benzene rings is 1. The lowest BCUT2D eigenvalue weighted by atomic mass is 10.0. The third-order valence-electron chi connectivity index (χ3n) is 6.66. The third kappa shape index (κ3) is 8.12. The average Bonchev–Trinajstić information content (AvgIpc) is 3.12. The summed E-state index contributed by atoms with van der Waals surface area (Å²) >= 11 is 0.871. The molecule has 0 aromatic heterocycles. The zero-order chi connectivity index (χ0) is 28.7. The minimum Gasteiger partial charge on any atom is -0.343 e. The maximum Gasteiger partial charge on any atom is 0.261 e. The summed E-state index contributed by atoms with van der Waals surface area (Å²) < 4.78 is 0. The second kappa shape index (κ2) is 13.7. The summed E-state index contributed by atoms with van der Waals surface area (Å²) in [4.78, 5) is 78.0. The highest BCUT2D eigenvalue weighted by molar-refractivity contribution is 8.14. The van der Waals surface area contributed by atoms with Crippen LogP contribution in [0.3, 0.4) is 0 Å². The van der Waals surface area contributed by atoms with Crippen LogP contribution in [0.4, 0.5) is 0 Å². The van der Waals surface area contributed by atoms with E-state index < -0.39 is 17.2 Å². The molecule has 2 atom stereocenters. The van der Waals surface area contributed by atoms with Gasteiger partial charge in [-0.15, -0.1) is 0 Å². The van der Waals surface area contributed by atoms with Gasteiger partial charge < -0.3 is 10.2 Å². The molecule has 39 heavy (non-hydrogen) atoms. The van der Waals surface area contributed by atoms with E-state index in [1.165, 1.54) is 18.7 Å². The standard InChI is InChI=1S/C27H37N5O6S/c1-17(2)16-22(24(35)29-31-14-12-30(13-15-31)18(3)33)28-25(36)23(39-19(4)34)10-7-11-32-26(37)20-8-5-6-9-21(20)27(32)38/h5-6,8-9,17,22-23H,7,10-16H2,1-4H3,(H,28,36)(H,29,35)/t22-,23?/m0/s1. The maximum atomic E-state index is 13.3. The first-order valence-electron chi connectivity index (χ1n) is 13.2. The molecular weight excluding hydrogens is 522 g/mol. The van der Waals surface area contributed by atoms with Gasteiger partial charge in [-0.25, -0.2) is 5.01 Å². The van der Waals surface area contributed by atoms with Crippen molar-refractivity contribution < 1.29 is 28.8 Å². The van der Waals surface area contributed by atoms with Crippen LogP contribution >= 0.6 is 11.8 Å². The summed E-state index contributed by atoms with van der Waals surface area (Å²) in [5.74, 6) is -1.43. The largest absolute Gasteiger partial charge is 0.343 e.